The number of aromatic nitrogens is 1. The Balaban J connectivity index is 1.96. The fraction of sp³-hybridized carbons (Fsp3) is 0.286. The van der Waals surface area contributed by atoms with E-state index in [1.807, 2.05) is 18.2 Å². The summed E-state index contributed by atoms with van der Waals surface area (Å²) in [6.07, 6.45) is 1.65. The quantitative estimate of drug-likeness (QED) is 0.916. The maximum Gasteiger partial charge on any atom is 0.306 e. The van der Waals surface area contributed by atoms with Gasteiger partial charge in [0.05, 0.1) is 22.2 Å². The summed E-state index contributed by atoms with van der Waals surface area (Å²) in [7, 11) is 0. The number of hydrogen-bond acceptors (Lipinski definition) is 3. The first-order valence-corrected chi connectivity index (χ1v) is 6.49. The number of rotatable bonds is 2. The van der Waals surface area contributed by atoms with E-state index in [4.69, 9.17) is 21.1 Å². The fourth-order valence-corrected chi connectivity index (χ4v) is 2.55. The third-order valence-corrected chi connectivity index (χ3v) is 3.72. The van der Waals surface area contributed by atoms with Crippen LogP contribution in [-0.2, 0) is 17.6 Å². The topological polar surface area (TPSA) is 63.3 Å². The monoisotopic (exact) mass is 277 g/mol. The number of carbonyl (C=O) groups is 1. The van der Waals surface area contributed by atoms with Gasteiger partial charge in [-0.05, 0) is 25.0 Å². The second-order valence-corrected chi connectivity index (χ2v) is 5.05. The zero-order valence-electron chi connectivity index (χ0n) is 10.1. The van der Waals surface area contributed by atoms with Crippen LogP contribution in [0.1, 0.15) is 17.9 Å². The second-order valence-electron chi connectivity index (χ2n) is 4.65. The van der Waals surface area contributed by atoms with Crippen LogP contribution >= 0.6 is 11.6 Å². The van der Waals surface area contributed by atoms with Gasteiger partial charge in [-0.3, -0.25) is 4.79 Å². The Morgan fingerprint density at radius 1 is 1.42 bits per heavy atom. The smallest absolute Gasteiger partial charge is 0.306 e. The number of aryl methyl sites for hydroxylation is 1. The van der Waals surface area contributed by atoms with E-state index >= 15 is 0 Å². The molecule has 1 aromatic carbocycles. The molecule has 1 aliphatic rings. The average Bonchev–Trinajstić information content (AvgIpc) is 2.81. The molecule has 0 aliphatic heterocycles. The molecule has 19 heavy (non-hydrogen) atoms. The van der Waals surface area contributed by atoms with Crippen molar-refractivity contribution >= 4 is 17.6 Å². The van der Waals surface area contributed by atoms with E-state index < -0.39 is 5.97 Å². The van der Waals surface area contributed by atoms with Gasteiger partial charge in [0.1, 0.15) is 5.76 Å². The van der Waals surface area contributed by atoms with Gasteiger partial charge >= 0.3 is 5.97 Å². The van der Waals surface area contributed by atoms with E-state index in [0.29, 0.717) is 35.9 Å². The standard InChI is InChI=1S/C14H12ClNO3/c15-10-4-2-1-3-9(10)13-16-11-6-5-8(14(17)18)7-12(11)19-13/h1-4,8H,5-7H2,(H,17,18). The molecule has 0 saturated carbocycles. The van der Waals surface area contributed by atoms with Crippen molar-refractivity contribution in [1.29, 1.82) is 0 Å². The second kappa shape index (κ2) is 4.70. The zero-order valence-corrected chi connectivity index (χ0v) is 10.9. The molecular formula is C14H12ClNO3. The number of benzene rings is 1. The third-order valence-electron chi connectivity index (χ3n) is 3.39. The van der Waals surface area contributed by atoms with Crippen molar-refractivity contribution in [2.75, 3.05) is 0 Å². The Hall–Kier alpha value is -1.81. The molecule has 4 nitrogen and oxygen atoms in total. The lowest BCUT2D eigenvalue weighted by Crippen LogP contribution is -2.21. The summed E-state index contributed by atoms with van der Waals surface area (Å²) < 4.78 is 5.69. The molecule has 5 heteroatoms. The molecule has 0 fully saturated rings. The molecule has 1 aliphatic carbocycles. The Morgan fingerprint density at radius 2 is 2.21 bits per heavy atom. The molecule has 1 N–H and O–H groups in total. The third kappa shape index (κ3) is 2.24. The Kier molecular flexibility index (Phi) is 3.03. The van der Waals surface area contributed by atoms with Gasteiger partial charge in [-0.25, -0.2) is 4.98 Å². The summed E-state index contributed by atoms with van der Waals surface area (Å²) in [4.78, 5) is 15.4. The molecule has 1 unspecified atom stereocenters. The number of fused-ring (bicyclic) bond motifs is 1. The van der Waals surface area contributed by atoms with Crippen molar-refractivity contribution < 1.29 is 14.3 Å². The van der Waals surface area contributed by atoms with Gasteiger partial charge in [-0.15, -0.1) is 0 Å². The van der Waals surface area contributed by atoms with Crippen LogP contribution in [-0.4, -0.2) is 16.1 Å². The highest BCUT2D eigenvalue weighted by atomic mass is 35.5. The first-order chi connectivity index (χ1) is 9.15. The van der Waals surface area contributed by atoms with E-state index in [1.54, 1.807) is 6.07 Å². The zero-order chi connectivity index (χ0) is 13.4. The summed E-state index contributed by atoms with van der Waals surface area (Å²) in [5.74, 6) is -0.00361. The molecule has 0 amide bonds. The van der Waals surface area contributed by atoms with Crippen LogP contribution in [0.25, 0.3) is 11.5 Å². The maximum absolute atomic E-state index is 11.0. The summed E-state index contributed by atoms with van der Waals surface area (Å²) in [5.41, 5.74) is 1.60. The minimum Gasteiger partial charge on any atom is -0.481 e. The highest BCUT2D eigenvalue weighted by molar-refractivity contribution is 6.33. The molecule has 0 saturated heterocycles. The van der Waals surface area contributed by atoms with Gasteiger partial charge in [0, 0.05) is 6.42 Å². The molecule has 0 spiro atoms. The average molecular weight is 278 g/mol. The lowest BCUT2D eigenvalue weighted by Gasteiger charge is -2.15. The molecule has 0 bridgehead atoms. The van der Waals surface area contributed by atoms with Crippen LogP contribution in [0, 0.1) is 5.92 Å². The number of hydrogen-bond donors (Lipinski definition) is 1. The summed E-state index contributed by atoms with van der Waals surface area (Å²) in [5, 5.41) is 9.63. The maximum atomic E-state index is 11.0. The molecular weight excluding hydrogens is 266 g/mol. The highest BCUT2D eigenvalue weighted by Crippen LogP contribution is 2.32. The van der Waals surface area contributed by atoms with Gasteiger partial charge in [-0.2, -0.15) is 0 Å². The van der Waals surface area contributed by atoms with Crippen molar-refractivity contribution in [2.45, 2.75) is 19.3 Å². The van der Waals surface area contributed by atoms with Gasteiger partial charge in [0.2, 0.25) is 5.89 Å². The van der Waals surface area contributed by atoms with Gasteiger partial charge in [0.25, 0.3) is 0 Å². The molecule has 2 aromatic rings. The van der Waals surface area contributed by atoms with Crippen LogP contribution in [0.2, 0.25) is 5.02 Å². The van der Waals surface area contributed by atoms with E-state index in [2.05, 4.69) is 4.98 Å². The van der Waals surface area contributed by atoms with Crippen LogP contribution in [0.3, 0.4) is 0 Å². The number of halogens is 1. The van der Waals surface area contributed by atoms with Crippen molar-refractivity contribution in [2.24, 2.45) is 5.92 Å². The summed E-state index contributed by atoms with van der Waals surface area (Å²) in [6.45, 7) is 0. The highest BCUT2D eigenvalue weighted by Gasteiger charge is 2.28. The lowest BCUT2D eigenvalue weighted by atomic mass is 9.91. The van der Waals surface area contributed by atoms with Gasteiger partial charge in [0.15, 0.2) is 0 Å². The van der Waals surface area contributed by atoms with E-state index in [-0.39, 0.29) is 5.92 Å². The van der Waals surface area contributed by atoms with E-state index in [9.17, 15) is 4.79 Å². The lowest BCUT2D eigenvalue weighted by molar-refractivity contribution is -0.142. The number of nitrogens with zero attached hydrogens (tertiary/aromatic N) is 1. The van der Waals surface area contributed by atoms with Gasteiger partial charge < -0.3 is 9.52 Å². The minimum absolute atomic E-state index is 0.375. The van der Waals surface area contributed by atoms with Gasteiger partial charge in [-0.1, -0.05) is 23.7 Å². The summed E-state index contributed by atoms with van der Waals surface area (Å²) in [6, 6.07) is 7.33. The number of carboxylic acid groups (broad SMARTS) is 1. The SMILES string of the molecule is O=C(O)C1CCc2nc(-c3ccccc3Cl)oc2C1. The molecule has 1 heterocycles. The normalized spacial score (nSPS) is 18.1. The van der Waals surface area contributed by atoms with Crippen LogP contribution in [0.15, 0.2) is 28.7 Å². The summed E-state index contributed by atoms with van der Waals surface area (Å²) >= 11 is 6.11. The van der Waals surface area contributed by atoms with Crippen LogP contribution in [0.5, 0.6) is 0 Å². The molecule has 0 radical (unpaired) electrons. The number of aliphatic carboxylic acids is 1. The van der Waals surface area contributed by atoms with Crippen molar-refractivity contribution in [3.05, 3.63) is 40.7 Å². The van der Waals surface area contributed by atoms with E-state index in [0.717, 1.165) is 11.3 Å². The molecule has 1 aromatic heterocycles. The predicted molar refractivity (Wildman–Crippen MR) is 70.1 cm³/mol. The first-order valence-electron chi connectivity index (χ1n) is 6.11. The van der Waals surface area contributed by atoms with Crippen LogP contribution < -0.4 is 0 Å². The largest absolute Gasteiger partial charge is 0.481 e. The Bertz CT molecular complexity index is 635. The number of oxazole rings is 1. The minimum atomic E-state index is -0.777. The molecule has 1 atom stereocenters. The van der Waals surface area contributed by atoms with Crippen molar-refractivity contribution in [1.82, 2.24) is 4.98 Å². The van der Waals surface area contributed by atoms with E-state index in [1.165, 1.54) is 0 Å². The van der Waals surface area contributed by atoms with Crippen LogP contribution in [0.4, 0.5) is 0 Å². The molecule has 3 rings (SSSR count). The first kappa shape index (κ1) is 12.2. The Labute approximate surface area is 115 Å². The number of carboxylic acids is 1. The van der Waals surface area contributed by atoms with Crippen molar-refractivity contribution in [3.8, 4) is 11.5 Å². The fourth-order valence-electron chi connectivity index (χ4n) is 2.34. The Morgan fingerprint density at radius 3 is 2.95 bits per heavy atom. The predicted octanol–water partition coefficient (Wildman–Crippen LogP) is 3.18. The molecule has 98 valence electrons. The van der Waals surface area contributed by atoms with Crippen molar-refractivity contribution in [3.63, 3.8) is 0 Å².